The number of carbonyl (C=O) groups excluding carboxylic acids is 2. The van der Waals surface area contributed by atoms with Crippen molar-refractivity contribution >= 4 is 34.8 Å². The van der Waals surface area contributed by atoms with Crippen LogP contribution in [-0.4, -0.2) is 18.4 Å². The van der Waals surface area contributed by atoms with Crippen LogP contribution in [0.2, 0.25) is 5.02 Å². The molecule has 5 nitrogen and oxygen atoms in total. The van der Waals surface area contributed by atoms with Gasteiger partial charge in [-0.2, -0.15) is 0 Å². The Morgan fingerprint density at radius 1 is 0.821 bits per heavy atom. The highest BCUT2D eigenvalue weighted by Gasteiger charge is 2.10. The summed E-state index contributed by atoms with van der Waals surface area (Å²) in [5, 5.41) is 6.11. The molecule has 0 atom stereocenters. The molecule has 0 aliphatic carbocycles. The summed E-state index contributed by atoms with van der Waals surface area (Å²) in [6.07, 6.45) is 0. The Morgan fingerprint density at radius 3 is 2.07 bits per heavy atom. The minimum absolute atomic E-state index is 0.268. The number of carbonyl (C=O) groups is 2. The summed E-state index contributed by atoms with van der Waals surface area (Å²) in [6.45, 7) is 2.46. The van der Waals surface area contributed by atoms with Gasteiger partial charge in [0.2, 0.25) is 0 Å². The van der Waals surface area contributed by atoms with Crippen molar-refractivity contribution in [3.05, 3.63) is 88.9 Å². The summed E-state index contributed by atoms with van der Waals surface area (Å²) in [5.41, 5.74) is 2.04. The number of nitrogens with one attached hydrogen (secondary N) is 2. The molecule has 2 N–H and O–H groups in total. The molecule has 3 rings (SSSR count). The van der Waals surface area contributed by atoms with Crippen molar-refractivity contribution in [2.24, 2.45) is 0 Å². The van der Waals surface area contributed by atoms with Crippen LogP contribution in [0.5, 0.6) is 5.75 Å². The molecule has 6 heteroatoms. The molecule has 0 saturated heterocycles. The predicted octanol–water partition coefficient (Wildman–Crippen LogP) is 5.24. The van der Waals surface area contributed by atoms with E-state index in [1.807, 2.05) is 6.92 Å². The third-order valence-corrected chi connectivity index (χ3v) is 4.13. The second-order valence-corrected chi connectivity index (χ2v) is 6.39. The molecular weight excluding hydrogens is 376 g/mol. The third-order valence-electron chi connectivity index (χ3n) is 3.89. The van der Waals surface area contributed by atoms with Gasteiger partial charge >= 0.3 is 0 Å². The van der Waals surface area contributed by atoms with Gasteiger partial charge in [0.15, 0.2) is 0 Å². The first-order valence-corrected chi connectivity index (χ1v) is 9.14. The zero-order chi connectivity index (χ0) is 19.9. The molecule has 0 unspecified atom stereocenters. The largest absolute Gasteiger partial charge is 0.494 e. The minimum atomic E-state index is -0.292. The average Bonchev–Trinajstić information content (AvgIpc) is 2.69. The molecule has 28 heavy (non-hydrogen) atoms. The van der Waals surface area contributed by atoms with Gasteiger partial charge in [-0.1, -0.05) is 23.7 Å². The Kier molecular flexibility index (Phi) is 6.29. The third kappa shape index (κ3) is 5.11. The van der Waals surface area contributed by atoms with Crippen molar-refractivity contribution in [3.8, 4) is 5.75 Å². The van der Waals surface area contributed by atoms with Crippen molar-refractivity contribution in [1.82, 2.24) is 0 Å². The van der Waals surface area contributed by atoms with Crippen LogP contribution in [0.4, 0.5) is 11.4 Å². The maximum absolute atomic E-state index is 12.5. The highest BCUT2D eigenvalue weighted by Crippen LogP contribution is 2.18. The number of ether oxygens (including phenoxy) is 1. The Balaban J connectivity index is 1.68. The van der Waals surface area contributed by atoms with E-state index in [0.717, 1.165) is 0 Å². The Hall–Kier alpha value is -3.31. The SMILES string of the molecule is CCOc1ccc(C(=O)Nc2cccc(C(=O)Nc3cccc(Cl)c3)c2)cc1. The molecule has 3 aromatic rings. The van der Waals surface area contributed by atoms with Crippen molar-refractivity contribution in [2.75, 3.05) is 17.2 Å². The van der Waals surface area contributed by atoms with E-state index in [0.29, 0.717) is 39.9 Å². The van der Waals surface area contributed by atoms with Gasteiger partial charge in [-0.25, -0.2) is 0 Å². The number of rotatable bonds is 6. The maximum Gasteiger partial charge on any atom is 0.255 e. The van der Waals surface area contributed by atoms with Crippen molar-refractivity contribution < 1.29 is 14.3 Å². The summed E-state index contributed by atoms with van der Waals surface area (Å²) >= 11 is 5.94. The van der Waals surface area contributed by atoms with Crippen LogP contribution >= 0.6 is 11.6 Å². The highest BCUT2D eigenvalue weighted by atomic mass is 35.5. The van der Waals surface area contributed by atoms with Crippen LogP contribution in [-0.2, 0) is 0 Å². The van der Waals surface area contributed by atoms with Gasteiger partial charge in [0.25, 0.3) is 11.8 Å². The van der Waals surface area contributed by atoms with Gasteiger partial charge in [0.05, 0.1) is 6.61 Å². The molecule has 0 aromatic heterocycles. The fourth-order valence-corrected chi connectivity index (χ4v) is 2.77. The molecule has 0 bridgehead atoms. The fraction of sp³-hybridized carbons (Fsp3) is 0.0909. The van der Waals surface area contributed by atoms with Gasteiger partial charge in [0, 0.05) is 27.5 Å². The predicted molar refractivity (Wildman–Crippen MR) is 111 cm³/mol. The maximum atomic E-state index is 12.5. The molecule has 142 valence electrons. The standard InChI is InChI=1S/C22H19ClN2O3/c1-2-28-20-11-9-15(10-12-20)21(26)24-18-7-3-5-16(13-18)22(27)25-19-8-4-6-17(23)14-19/h3-14H,2H2,1H3,(H,24,26)(H,25,27). The van der Waals surface area contributed by atoms with Crippen LogP contribution in [0.25, 0.3) is 0 Å². The summed E-state index contributed by atoms with van der Waals surface area (Å²) in [6, 6.07) is 20.5. The molecule has 0 heterocycles. The summed E-state index contributed by atoms with van der Waals surface area (Å²) in [7, 11) is 0. The lowest BCUT2D eigenvalue weighted by Crippen LogP contribution is -2.14. The number of hydrogen-bond acceptors (Lipinski definition) is 3. The van der Waals surface area contributed by atoms with Gasteiger partial charge in [-0.05, 0) is 67.6 Å². The summed E-state index contributed by atoms with van der Waals surface area (Å²) < 4.78 is 5.37. The molecule has 0 aliphatic rings. The van der Waals surface area contributed by atoms with Crippen LogP contribution in [0.15, 0.2) is 72.8 Å². The van der Waals surface area contributed by atoms with E-state index in [-0.39, 0.29) is 11.8 Å². The van der Waals surface area contributed by atoms with Crippen LogP contribution in [0, 0.1) is 0 Å². The summed E-state index contributed by atoms with van der Waals surface area (Å²) in [5.74, 6) is 0.147. The molecule has 2 amide bonds. The van der Waals surface area contributed by atoms with E-state index in [1.54, 1.807) is 72.8 Å². The lowest BCUT2D eigenvalue weighted by molar-refractivity contribution is 0.101. The molecule has 0 saturated carbocycles. The van der Waals surface area contributed by atoms with E-state index < -0.39 is 0 Å². The van der Waals surface area contributed by atoms with Crippen molar-refractivity contribution in [3.63, 3.8) is 0 Å². The average molecular weight is 395 g/mol. The first-order valence-electron chi connectivity index (χ1n) is 8.76. The number of benzene rings is 3. The van der Waals surface area contributed by atoms with E-state index in [2.05, 4.69) is 10.6 Å². The van der Waals surface area contributed by atoms with Crippen LogP contribution in [0.1, 0.15) is 27.6 Å². The lowest BCUT2D eigenvalue weighted by Gasteiger charge is -2.09. The molecular formula is C22H19ClN2O3. The molecule has 0 spiro atoms. The fourth-order valence-electron chi connectivity index (χ4n) is 2.58. The zero-order valence-electron chi connectivity index (χ0n) is 15.2. The minimum Gasteiger partial charge on any atom is -0.494 e. The second-order valence-electron chi connectivity index (χ2n) is 5.96. The van der Waals surface area contributed by atoms with Gasteiger partial charge in [0.1, 0.15) is 5.75 Å². The zero-order valence-corrected chi connectivity index (χ0v) is 16.0. The number of halogens is 1. The van der Waals surface area contributed by atoms with Crippen molar-refractivity contribution in [2.45, 2.75) is 6.92 Å². The highest BCUT2D eigenvalue weighted by molar-refractivity contribution is 6.31. The van der Waals surface area contributed by atoms with Crippen LogP contribution in [0.3, 0.4) is 0 Å². The Bertz CT molecular complexity index is 987. The first-order chi connectivity index (χ1) is 13.5. The Labute approximate surface area is 168 Å². The molecule has 0 aliphatic heterocycles. The smallest absolute Gasteiger partial charge is 0.255 e. The van der Waals surface area contributed by atoms with E-state index in [9.17, 15) is 9.59 Å². The van der Waals surface area contributed by atoms with Gasteiger partial charge in [-0.3, -0.25) is 9.59 Å². The van der Waals surface area contributed by atoms with Crippen LogP contribution < -0.4 is 15.4 Å². The molecule has 0 fully saturated rings. The lowest BCUT2D eigenvalue weighted by atomic mass is 10.1. The van der Waals surface area contributed by atoms with E-state index >= 15 is 0 Å². The molecule has 0 radical (unpaired) electrons. The topological polar surface area (TPSA) is 67.4 Å². The normalized spacial score (nSPS) is 10.2. The Morgan fingerprint density at radius 2 is 1.43 bits per heavy atom. The second kappa shape index (κ2) is 9.06. The summed E-state index contributed by atoms with van der Waals surface area (Å²) in [4.78, 5) is 24.9. The number of hydrogen-bond donors (Lipinski definition) is 2. The van der Waals surface area contributed by atoms with Gasteiger partial charge < -0.3 is 15.4 Å². The van der Waals surface area contributed by atoms with Gasteiger partial charge in [-0.15, -0.1) is 0 Å². The first kappa shape index (κ1) is 19.5. The van der Waals surface area contributed by atoms with E-state index in [1.165, 1.54) is 0 Å². The quantitative estimate of drug-likeness (QED) is 0.600. The van der Waals surface area contributed by atoms with E-state index in [4.69, 9.17) is 16.3 Å². The number of amides is 2. The number of anilines is 2. The monoisotopic (exact) mass is 394 g/mol. The molecule has 3 aromatic carbocycles. The van der Waals surface area contributed by atoms with Crippen molar-refractivity contribution in [1.29, 1.82) is 0 Å².